The summed E-state index contributed by atoms with van der Waals surface area (Å²) in [5.41, 5.74) is 0. The summed E-state index contributed by atoms with van der Waals surface area (Å²) in [6.07, 6.45) is 9.19. The SMILES string of the molecule is O=S1(=O)CCC(NCCN2CCC[C@H]3CCCC[C@H]32)C1. The highest BCUT2D eigenvalue weighted by Crippen LogP contribution is 2.34. The fourth-order valence-corrected chi connectivity index (χ4v) is 6.08. The average Bonchev–Trinajstić information content (AvgIpc) is 2.79. The highest BCUT2D eigenvalue weighted by Gasteiger charge is 2.33. The number of fused-ring (bicyclic) bond motifs is 1. The fourth-order valence-electron chi connectivity index (χ4n) is 4.37. The van der Waals surface area contributed by atoms with Gasteiger partial charge in [0.25, 0.3) is 0 Å². The van der Waals surface area contributed by atoms with Crippen molar-refractivity contribution in [2.24, 2.45) is 5.92 Å². The Balaban J connectivity index is 1.43. The molecule has 3 rings (SSSR count). The number of hydrogen-bond acceptors (Lipinski definition) is 4. The Morgan fingerprint density at radius 2 is 1.85 bits per heavy atom. The number of nitrogens with zero attached hydrogens (tertiary/aromatic N) is 1. The molecule has 3 atom stereocenters. The summed E-state index contributed by atoms with van der Waals surface area (Å²) in [5, 5.41) is 3.46. The molecule has 5 heteroatoms. The Morgan fingerprint density at radius 3 is 2.65 bits per heavy atom. The maximum atomic E-state index is 11.4. The van der Waals surface area contributed by atoms with E-state index in [1.165, 1.54) is 45.1 Å². The zero-order valence-corrected chi connectivity index (χ0v) is 13.2. The molecule has 2 aliphatic heterocycles. The van der Waals surface area contributed by atoms with E-state index in [1.54, 1.807) is 0 Å². The van der Waals surface area contributed by atoms with Crippen LogP contribution in [0.15, 0.2) is 0 Å². The third-order valence-electron chi connectivity index (χ3n) is 5.42. The van der Waals surface area contributed by atoms with Crippen LogP contribution in [0, 0.1) is 5.92 Å². The standard InChI is InChI=1S/C15H28N2O2S/c18-20(19)11-7-14(12-20)16-8-10-17-9-3-5-13-4-1-2-6-15(13)17/h13-16H,1-12H2/t13-,14?,15-/m1/s1. The monoisotopic (exact) mass is 300 g/mol. The molecule has 4 nitrogen and oxygen atoms in total. The highest BCUT2D eigenvalue weighted by atomic mass is 32.2. The molecule has 1 aliphatic carbocycles. The van der Waals surface area contributed by atoms with Crippen LogP contribution in [0.4, 0.5) is 0 Å². The molecule has 1 saturated carbocycles. The van der Waals surface area contributed by atoms with Gasteiger partial charge in [-0.05, 0) is 44.6 Å². The third-order valence-corrected chi connectivity index (χ3v) is 7.19. The van der Waals surface area contributed by atoms with Crippen molar-refractivity contribution in [1.82, 2.24) is 10.2 Å². The quantitative estimate of drug-likeness (QED) is 0.853. The molecule has 0 radical (unpaired) electrons. The highest BCUT2D eigenvalue weighted by molar-refractivity contribution is 7.91. The van der Waals surface area contributed by atoms with Gasteiger partial charge in [-0.3, -0.25) is 4.90 Å². The number of hydrogen-bond donors (Lipinski definition) is 1. The first-order valence-electron chi connectivity index (χ1n) is 8.32. The van der Waals surface area contributed by atoms with Gasteiger partial charge in [-0.15, -0.1) is 0 Å². The Hall–Kier alpha value is -0.130. The van der Waals surface area contributed by atoms with Gasteiger partial charge in [-0.2, -0.15) is 0 Å². The fraction of sp³-hybridized carbons (Fsp3) is 1.00. The number of likely N-dealkylation sites (tertiary alicyclic amines) is 1. The topological polar surface area (TPSA) is 49.4 Å². The van der Waals surface area contributed by atoms with Gasteiger partial charge in [0.05, 0.1) is 11.5 Å². The second-order valence-corrected chi connectivity index (χ2v) is 9.07. The largest absolute Gasteiger partial charge is 0.312 e. The van der Waals surface area contributed by atoms with Crippen molar-refractivity contribution in [3.05, 3.63) is 0 Å². The van der Waals surface area contributed by atoms with E-state index in [0.29, 0.717) is 11.5 Å². The molecule has 0 amide bonds. The smallest absolute Gasteiger partial charge is 0.151 e. The molecule has 20 heavy (non-hydrogen) atoms. The van der Waals surface area contributed by atoms with E-state index in [9.17, 15) is 8.42 Å². The van der Waals surface area contributed by atoms with Crippen LogP contribution in [0.1, 0.15) is 44.9 Å². The minimum absolute atomic E-state index is 0.201. The number of rotatable bonds is 4. The van der Waals surface area contributed by atoms with Crippen LogP contribution in [0.25, 0.3) is 0 Å². The zero-order valence-electron chi connectivity index (χ0n) is 12.4. The normalized spacial score (nSPS) is 37.7. The molecular weight excluding hydrogens is 272 g/mol. The van der Waals surface area contributed by atoms with E-state index >= 15 is 0 Å². The first kappa shape index (κ1) is 14.8. The van der Waals surface area contributed by atoms with Gasteiger partial charge in [0, 0.05) is 25.2 Å². The van der Waals surface area contributed by atoms with Crippen LogP contribution in [-0.4, -0.2) is 56.5 Å². The van der Waals surface area contributed by atoms with Gasteiger partial charge < -0.3 is 5.32 Å². The number of piperidine rings is 1. The van der Waals surface area contributed by atoms with E-state index in [0.717, 1.165) is 31.5 Å². The van der Waals surface area contributed by atoms with Crippen LogP contribution < -0.4 is 5.32 Å². The maximum absolute atomic E-state index is 11.4. The lowest BCUT2D eigenvalue weighted by Crippen LogP contribution is -2.49. The summed E-state index contributed by atoms with van der Waals surface area (Å²) in [6, 6.07) is 1.01. The van der Waals surface area contributed by atoms with Crippen molar-refractivity contribution in [2.75, 3.05) is 31.1 Å². The predicted molar refractivity (Wildman–Crippen MR) is 81.6 cm³/mol. The van der Waals surface area contributed by atoms with Gasteiger partial charge in [-0.25, -0.2) is 8.42 Å². The van der Waals surface area contributed by atoms with E-state index in [4.69, 9.17) is 0 Å². The first-order valence-corrected chi connectivity index (χ1v) is 10.1. The molecule has 0 aromatic heterocycles. The molecular formula is C15H28N2O2S. The second kappa shape index (κ2) is 6.32. The Morgan fingerprint density at radius 1 is 1.05 bits per heavy atom. The lowest BCUT2D eigenvalue weighted by Gasteiger charge is -2.44. The summed E-state index contributed by atoms with van der Waals surface area (Å²) in [4.78, 5) is 2.67. The van der Waals surface area contributed by atoms with Crippen LogP contribution in [0.2, 0.25) is 0 Å². The average molecular weight is 300 g/mol. The van der Waals surface area contributed by atoms with Crippen molar-refractivity contribution in [2.45, 2.75) is 57.0 Å². The maximum Gasteiger partial charge on any atom is 0.151 e. The summed E-state index contributed by atoms with van der Waals surface area (Å²) < 4.78 is 22.9. The molecule has 0 spiro atoms. The van der Waals surface area contributed by atoms with Crippen LogP contribution in [-0.2, 0) is 9.84 Å². The molecule has 1 unspecified atom stereocenters. The summed E-state index contributed by atoms with van der Waals surface area (Å²) in [6.45, 7) is 3.28. The Kier molecular flexibility index (Phi) is 4.68. The van der Waals surface area contributed by atoms with Crippen LogP contribution >= 0.6 is 0 Å². The van der Waals surface area contributed by atoms with Crippen molar-refractivity contribution in [3.63, 3.8) is 0 Å². The third kappa shape index (κ3) is 3.55. The zero-order chi connectivity index (χ0) is 14.0. The van der Waals surface area contributed by atoms with E-state index in [-0.39, 0.29) is 6.04 Å². The molecule has 3 aliphatic rings. The molecule has 0 aromatic rings. The molecule has 0 aromatic carbocycles. The van der Waals surface area contributed by atoms with E-state index in [2.05, 4.69) is 10.2 Å². The molecule has 2 heterocycles. The van der Waals surface area contributed by atoms with Crippen molar-refractivity contribution >= 4 is 9.84 Å². The summed E-state index contributed by atoms with van der Waals surface area (Å²) in [5.74, 6) is 1.65. The minimum atomic E-state index is -2.75. The molecule has 1 N–H and O–H groups in total. The van der Waals surface area contributed by atoms with Gasteiger partial charge in [0.15, 0.2) is 9.84 Å². The van der Waals surface area contributed by atoms with Gasteiger partial charge in [-0.1, -0.05) is 12.8 Å². The van der Waals surface area contributed by atoms with Gasteiger partial charge >= 0.3 is 0 Å². The first-order chi connectivity index (χ1) is 9.64. The molecule has 3 fully saturated rings. The summed E-state index contributed by atoms with van der Waals surface area (Å²) >= 11 is 0. The van der Waals surface area contributed by atoms with Crippen LogP contribution in [0.3, 0.4) is 0 Å². The minimum Gasteiger partial charge on any atom is -0.312 e. The summed E-state index contributed by atoms with van der Waals surface area (Å²) in [7, 11) is -2.75. The number of sulfone groups is 1. The van der Waals surface area contributed by atoms with Crippen LogP contribution in [0.5, 0.6) is 0 Å². The van der Waals surface area contributed by atoms with E-state index in [1.807, 2.05) is 0 Å². The molecule has 0 bridgehead atoms. The van der Waals surface area contributed by atoms with Crippen molar-refractivity contribution < 1.29 is 8.42 Å². The second-order valence-electron chi connectivity index (χ2n) is 6.84. The molecule has 116 valence electrons. The lowest BCUT2D eigenvalue weighted by atomic mass is 9.78. The van der Waals surface area contributed by atoms with Crippen molar-refractivity contribution in [3.8, 4) is 0 Å². The van der Waals surface area contributed by atoms with E-state index < -0.39 is 9.84 Å². The predicted octanol–water partition coefficient (Wildman–Crippen LogP) is 1.42. The Labute approximate surface area is 123 Å². The lowest BCUT2D eigenvalue weighted by molar-refractivity contribution is 0.0614. The van der Waals surface area contributed by atoms with Gasteiger partial charge in [0.2, 0.25) is 0 Å². The number of nitrogens with one attached hydrogen (secondary N) is 1. The van der Waals surface area contributed by atoms with Crippen molar-refractivity contribution in [1.29, 1.82) is 0 Å². The van der Waals surface area contributed by atoms with Gasteiger partial charge in [0.1, 0.15) is 0 Å². The molecule has 2 saturated heterocycles. The Bertz CT molecular complexity index is 422.